The fourth-order valence-electron chi connectivity index (χ4n) is 3.87. The van der Waals surface area contributed by atoms with Gasteiger partial charge >= 0.3 is 5.97 Å². The van der Waals surface area contributed by atoms with Crippen molar-refractivity contribution in [2.45, 2.75) is 70.4 Å². The molecule has 0 spiro atoms. The van der Waals surface area contributed by atoms with Gasteiger partial charge in [0.2, 0.25) is 5.91 Å². The standard InChI is InChI=1S/C28H40N2O3/c1-30(2)22-26(21-28(32)33-23-25-18-12-8-13-19-25)29-27(31)20-14-6-4-3-5-9-15-24-16-10-7-11-17-24/h7-8,10-13,16-19,26H,3-6,9,14-15,20-23H2,1-2H3,(H,29,31)/t26-/m1/s1. The summed E-state index contributed by atoms with van der Waals surface area (Å²) in [5.41, 5.74) is 2.37. The molecule has 0 saturated carbocycles. The molecule has 0 fully saturated rings. The lowest BCUT2D eigenvalue weighted by atomic mass is 10.0. The Bertz CT molecular complexity index is 793. The number of carbonyl (C=O) groups excluding carboxylic acids is 2. The molecule has 2 aromatic carbocycles. The maximum absolute atomic E-state index is 12.4. The van der Waals surface area contributed by atoms with Gasteiger partial charge in [-0.3, -0.25) is 9.59 Å². The number of benzene rings is 2. The van der Waals surface area contributed by atoms with Crippen molar-refractivity contribution in [1.29, 1.82) is 0 Å². The number of unbranched alkanes of at least 4 members (excludes halogenated alkanes) is 5. The van der Waals surface area contributed by atoms with Crippen molar-refractivity contribution >= 4 is 11.9 Å². The highest BCUT2D eigenvalue weighted by Gasteiger charge is 2.18. The van der Waals surface area contributed by atoms with Gasteiger partial charge in [0.05, 0.1) is 12.5 Å². The van der Waals surface area contributed by atoms with E-state index in [9.17, 15) is 9.59 Å². The SMILES string of the molecule is CN(C)C[C@@H](CC(=O)OCc1ccccc1)NC(=O)CCCCCCCCc1ccccc1. The van der Waals surface area contributed by atoms with Crippen LogP contribution in [0.25, 0.3) is 0 Å². The highest BCUT2D eigenvalue weighted by Crippen LogP contribution is 2.11. The summed E-state index contributed by atoms with van der Waals surface area (Å²) in [6.07, 6.45) is 8.61. The third kappa shape index (κ3) is 12.8. The number of ether oxygens (including phenoxy) is 1. The normalized spacial score (nSPS) is 11.8. The molecule has 0 saturated heterocycles. The van der Waals surface area contributed by atoms with Crippen LogP contribution in [0.4, 0.5) is 0 Å². The van der Waals surface area contributed by atoms with Crippen molar-refractivity contribution in [1.82, 2.24) is 10.2 Å². The van der Waals surface area contributed by atoms with Gasteiger partial charge in [0, 0.05) is 13.0 Å². The second-order valence-corrected chi connectivity index (χ2v) is 8.98. The van der Waals surface area contributed by atoms with Gasteiger partial charge in [-0.05, 0) is 44.5 Å². The Hall–Kier alpha value is -2.66. The number of nitrogens with zero attached hydrogens (tertiary/aromatic N) is 1. The Morgan fingerprint density at radius 1 is 0.818 bits per heavy atom. The molecule has 1 amide bonds. The molecule has 0 heterocycles. The molecule has 33 heavy (non-hydrogen) atoms. The van der Waals surface area contributed by atoms with E-state index in [0.29, 0.717) is 13.0 Å². The van der Waals surface area contributed by atoms with Crippen LogP contribution in [0.5, 0.6) is 0 Å². The minimum atomic E-state index is -0.290. The quantitative estimate of drug-likeness (QED) is 0.283. The number of rotatable bonds is 16. The van der Waals surface area contributed by atoms with E-state index >= 15 is 0 Å². The van der Waals surface area contributed by atoms with E-state index in [4.69, 9.17) is 4.74 Å². The van der Waals surface area contributed by atoms with Crippen molar-refractivity contribution < 1.29 is 14.3 Å². The molecule has 2 aromatic rings. The molecule has 0 aliphatic heterocycles. The summed E-state index contributed by atoms with van der Waals surface area (Å²) in [4.78, 5) is 26.7. The molecule has 0 aliphatic carbocycles. The first-order chi connectivity index (χ1) is 16.0. The van der Waals surface area contributed by atoms with E-state index in [1.807, 2.05) is 49.3 Å². The smallest absolute Gasteiger partial charge is 0.308 e. The summed E-state index contributed by atoms with van der Waals surface area (Å²) in [5, 5.41) is 3.03. The van der Waals surface area contributed by atoms with Crippen LogP contribution >= 0.6 is 0 Å². The van der Waals surface area contributed by atoms with Crippen LogP contribution in [0.1, 0.15) is 62.5 Å². The minimum Gasteiger partial charge on any atom is -0.461 e. The fourth-order valence-corrected chi connectivity index (χ4v) is 3.87. The summed E-state index contributed by atoms with van der Waals surface area (Å²) in [7, 11) is 3.87. The van der Waals surface area contributed by atoms with E-state index < -0.39 is 0 Å². The van der Waals surface area contributed by atoms with Gasteiger partial charge in [-0.15, -0.1) is 0 Å². The number of nitrogens with one attached hydrogen (secondary N) is 1. The van der Waals surface area contributed by atoms with E-state index in [2.05, 4.69) is 35.6 Å². The molecule has 1 atom stereocenters. The summed E-state index contributed by atoms with van der Waals surface area (Å²) < 4.78 is 5.39. The molecule has 180 valence electrons. The molecule has 5 heteroatoms. The zero-order chi connectivity index (χ0) is 23.7. The lowest BCUT2D eigenvalue weighted by molar-refractivity contribution is -0.145. The van der Waals surface area contributed by atoms with Crippen LogP contribution < -0.4 is 5.32 Å². The van der Waals surface area contributed by atoms with Crippen LogP contribution in [0.2, 0.25) is 0 Å². The minimum absolute atomic E-state index is 0.0155. The monoisotopic (exact) mass is 452 g/mol. The van der Waals surface area contributed by atoms with E-state index in [-0.39, 0.29) is 30.9 Å². The van der Waals surface area contributed by atoms with Gasteiger partial charge < -0.3 is 15.0 Å². The topological polar surface area (TPSA) is 58.6 Å². The van der Waals surface area contributed by atoms with Gasteiger partial charge in [0.15, 0.2) is 0 Å². The van der Waals surface area contributed by atoms with Crippen molar-refractivity contribution in [3.63, 3.8) is 0 Å². The maximum atomic E-state index is 12.4. The first kappa shape index (κ1) is 26.6. The van der Waals surface area contributed by atoms with Crippen molar-refractivity contribution in [3.05, 3.63) is 71.8 Å². The fraction of sp³-hybridized carbons (Fsp3) is 0.500. The number of amides is 1. The lowest BCUT2D eigenvalue weighted by Gasteiger charge is -2.22. The largest absolute Gasteiger partial charge is 0.461 e. The van der Waals surface area contributed by atoms with Crippen LogP contribution in [-0.2, 0) is 27.4 Å². The summed E-state index contributed by atoms with van der Waals surface area (Å²) in [6, 6.07) is 20.0. The Morgan fingerprint density at radius 3 is 2.03 bits per heavy atom. The predicted molar refractivity (Wildman–Crippen MR) is 134 cm³/mol. The van der Waals surface area contributed by atoms with Crippen LogP contribution in [-0.4, -0.2) is 43.5 Å². The Balaban J connectivity index is 1.57. The predicted octanol–water partition coefficient (Wildman–Crippen LogP) is 5.14. The number of hydrogen-bond donors (Lipinski definition) is 1. The average Bonchev–Trinajstić information content (AvgIpc) is 2.80. The molecule has 2 rings (SSSR count). The highest BCUT2D eigenvalue weighted by molar-refractivity contribution is 5.77. The summed E-state index contributed by atoms with van der Waals surface area (Å²) in [5.74, 6) is -0.275. The third-order valence-electron chi connectivity index (χ3n) is 5.57. The summed E-state index contributed by atoms with van der Waals surface area (Å²) in [6.45, 7) is 0.862. The molecule has 0 radical (unpaired) electrons. The number of hydrogen-bond acceptors (Lipinski definition) is 4. The van der Waals surface area contributed by atoms with Crippen molar-refractivity contribution in [2.75, 3.05) is 20.6 Å². The molecule has 5 nitrogen and oxygen atoms in total. The number of esters is 1. The van der Waals surface area contributed by atoms with Gasteiger partial charge in [0.25, 0.3) is 0 Å². The number of likely N-dealkylation sites (N-methyl/N-ethyl adjacent to an activating group) is 1. The van der Waals surface area contributed by atoms with Crippen LogP contribution in [0, 0.1) is 0 Å². The number of carbonyl (C=O) groups is 2. The van der Waals surface area contributed by atoms with Gasteiger partial charge in [-0.2, -0.15) is 0 Å². The molecule has 1 N–H and O–H groups in total. The Kier molecular flexibility index (Phi) is 12.9. The molecule has 0 aliphatic rings. The van der Waals surface area contributed by atoms with Crippen LogP contribution in [0.15, 0.2) is 60.7 Å². The Morgan fingerprint density at radius 2 is 1.39 bits per heavy atom. The molecule has 0 unspecified atom stereocenters. The van der Waals surface area contributed by atoms with Gasteiger partial charge in [-0.25, -0.2) is 0 Å². The van der Waals surface area contributed by atoms with E-state index in [1.165, 1.54) is 24.8 Å². The van der Waals surface area contributed by atoms with Crippen molar-refractivity contribution in [2.24, 2.45) is 0 Å². The zero-order valence-electron chi connectivity index (χ0n) is 20.3. The first-order valence-electron chi connectivity index (χ1n) is 12.2. The maximum Gasteiger partial charge on any atom is 0.308 e. The summed E-state index contributed by atoms with van der Waals surface area (Å²) >= 11 is 0. The second kappa shape index (κ2) is 16.0. The van der Waals surface area contributed by atoms with Crippen LogP contribution in [0.3, 0.4) is 0 Å². The Labute approximate surface area is 199 Å². The first-order valence-corrected chi connectivity index (χ1v) is 12.2. The van der Waals surface area contributed by atoms with Gasteiger partial charge in [0.1, 0.15) is 6.61 Å². The highest BCUT2D eigenvalue weighted by atomic mass is 16.5. The number of aryl methyl sites for hydroxylation is 1. The third-order valence-corrected chi connectivity index (χ3v) is 5.57. The molecule has 0 bridgehead atoms. The van der Waals surface area contributed by atoms with E-state index in [0.717, 1.165) is 31.2 Å². The lowest BCUT2D eigenvalue weighted by Crippen LogP contribution is -2.43. The molecular weight excluding hydrogens is 412 g/mol. The average molecular weight is 453 g/mol. The van der Waals surface area contributed by atoms with E-state index in [1.54, 1.807) is 0 Å². The zero-order valence-corrected chi connectivity index (χ0v) is 20.3. The molecular formula is C28H40N2O3. The van der Waals surface area contributed by atoms with Gasteiger partial charge in [-0.1, -0.05) is 86.3 Å². The molecule has 0 aromatic heterocycles. The second-order valence-electron chi connectivity index (χ2n) is 8.98. The van der Waals surface area contributed by atoms with Crippen molar-refractivity contribution in [3.8, 4) is 0 Å².